The molecular weight excluding hydrogens is 498 g/mol. The van der Waals surface area contributed by atoms with Crippen LogP contribution in [0.25, 0.3) is 11.1 Å². The second-order valence-corrected chi connectivity index (χ2v) is 9.09. The molecule has 0 radical (unpaired) electrons. The van der Waals surface area contributed by atoms with E-state index in [0.29, 0.717) is 18.7 Å². The molecule has 194 valence electrons. The van der Waals surface area contributed by atoms with Crippen molar-refractivity contribution in [1.82, 2.24) is 4.90 Å². The van der Waals surface area contributed by atoms with Gasteiger partial charge in [0.05, 0.1) is 0 Å². The number of anilines is 2. The summed E-state index contributed by atoms with van der Waals surface area (Å²) in [5.41, 5.74) is 5.10. The van der Waals surface area contributed by atoms with Gasteiger partial charge in [-0.15, -0.1) is 12.4 Å². The van der Waals surface area contributed by atoms with Crippen molar-refractivity contribution in [3.8, 4) is 11.1 Å². The number of hydrogen-bond donors (Lipinski definition) is 2. The standard InChI is InChI=1S/C31H29N3O3.ClH/c35-30(28-14-8-7-13-27(28)23-9-3-1-4-10-23)32-25-15-17-26(18-16-25)33-19-21-34(22-20-33)29(31(36)37)24-11-5-2-6-12-24;/h1-18,29H,19-22H2,(H,32,35)(H,36,37);1H. The number of halogens is 1. The Labute approximate surface area is 228 Å². The molecule has 6 nitrogen and oxygen atoms in total. The van der Waals surface area contributed by atoms with Gasteiger partial charge in [0, 0.05) is 43.1 Å². The van der Waals surface area contributed by atoms with Crippen LogP contribution in [0.1, 0.15) is 22.0 Å². The third-order valence-electron chi connectivity index (χ3n) is 6.78. The van der Waals surface area contributed by atoms with Crippen LogP contribution < -0.4 is 10.2 Å². The Morgan fingerprint density at radius 3 is 1.92 bits per heavy atom. The Morgan fingerprint density at radius 1 is 0.711 bits per heavy atom. The van der Waals surface area contributed by atoms with Gasteiger partial charge in [-0.25, -0.2) is 0 Å². The van der Waals surface area contributed by atoms with Gasteiger partial charge in [-0.3, -0.25) is 14.5 Å². The average Bonchev–Trinajstić information content (AvgIpc) is 2.95. The number of carboxylic acids is 1. The third kappa shape index (κ3) is 6.05. The fourth-order valence-corrected chi connectivity index (χ4v) is 4.89. The minimum atomic E-state index is -0.825. The van der Waals surface area contributed by atoms with E-state index < -0.39 is 12.0 Å². The first kappa shape index (κ1) is 26.9. The molecular formula is C31H30ClN3O3. The van der Waals surface area contributed by atoms with E-state index in [1.807, 2.05) is 114 Å². The van der Waals surface area contributed by atoms with Crippen molar-refractivity contribution in [2.75, 3.05) is 36.4 Å². The highest BCUT2D eigenvalue weighted by atomic mass is 35.5. The van der Waals surface area contributed by atoms with Gasteiger partial charge in [-0.1, -0.05) is 78.9 Å². The summed E-state index contributed by atoms with van der Waals surface area (Å²) >= 11 is 0. The Bertz CT molecular complexity index is 1360. The van der Waals surface area contributed by atoms with Crippen molar-refractivity contribution < 1.29 is 14.7 Å². The molecule has 4 aromatic rings. The van der Waals surface area contributed by atoms with Gasteiger partial charge in [-0.2, -0.15) is 0 Å². The molecule has 7 heteroatoms. The van der Waals surface area contributed by atoms with Gasteiger partial charge in [0.2, 0.25) is 0 Å². The first-order chi connectivity index (χ1) is 18.1. The number of benzene rings is 4. The van der Waals surface area contributed by atoms with Crippen LogP contribution in [0.5, 0.6) is 0 Å². The molecule has 1 saturated heterocycles. The van der Waals surface area contributed by atoms with Crippen LogP contribution in [0.15, 0.2) is 109 Å². The number of aliphatic carboxylic acids is 1. The van der Waals surface area contributed by atoms with Gasteiger partial charge < -0.3 is 15.3 Å². The smallest absolute Gasteiger partial charge is 0.325 e. The minimum absolute atomic E-state index is 0. The van der Waals surface area contributed by atoms with E-state index in [-0.39, 0.29) is 18.3 Å². The summed E-state index contributed by atoms with van der Waals surface area (Å²) in [5, 5.41) is 12.9. The van der Waals surface area contributed by atoms with Crippen LogP contribution in [0.2, 0.25) is 0 Å². The first-order valence-corrected chi connectivity index (χ1v) is 12.4. The molecule has 1 fully saturated rings. The van der Waals surface area contributed by atoms with Crippen molar-refractivity contribution in [3.05, 3.63) is 120 Å². The normalized spacial score (nSPS) is 14.3. The molecule has 0 saturated carbocycles. The number of carbonyl (C=O) groups is 2. The quantitative estimate of drug-likeness (QED) is 0.309. The van der Waals surface area contributed by atoms with Gasteiger partial charge >= 0.3 is 5.97 Å². The van der Waals surface area contributed by atoms with Gasteiger partial charge in [-0.05, 0) is 47.0 Å². The minimum Gasteiger partial charge on any atom is -0.480 e. The third-order valence-corrected chi connectivity index (χ3v) is 6.78. The van der Waals surface area contributed by atoms with E-state index in [1.165, 1.54) is 0 Å². The lowest BCUT2D eigenvalue weighted by Crippen LogP contribution is -2.49. The predicted molar refractivity (Wildman–Crippen MR) is 154 cm³/mol. The second kappa shape index (κ2) is 12.4. The van der Waals surface area contributed by atoms with Gasteiger partial charge in [0.15, 0.2) is 0 Å². The SMILES string of the molecule is Cl.O=C(Nc1ccc(N2CCN(C(C(=O)O)c3ccccc3)CC2)cc1)c1ccccc1-c1ccccc1. The van der Waals surface area contributed by atoms with E-state index in [9.17, 15) is 14.7 Å². The molecule has 4 aromatic carbocycles. The monoisotopic (exact) mass is 527 g/mol. The summed E-state index contributed by atoms with van der Waals surface area (Å²) in [4.78, 5) is 29.3. The largest absolute Gasteiger partial charge is 0.480 e. The summed E-state index contributed by atoms with van der Waals surface area (Å²) in [7, 11) is 0. The van der Waals surface area contributed by atoms with Crippen molar-refractivity contribution >= 4 is 35.7 Å². The van der Waals surface area contributed by atoms with Gasteiger partial charge in [0.1, 0.15) is 6.04 Å². The number of nitrogens with zero attached hydrogens (tertiary/aromatic N) is 2. The summed E-state index contributed by atoms with van der Waals surface area (Å²) in [6, 6.07) is 34.1. The van der Waals surface area contributed by atoms with Crippen molar-refractivity contribution in [2.24, 2.45) is 0 Å². The zero-order valence-corrected chi connectivity index (χ0v) is 21.7. The van der Waals surface area contributed by atoms with Crippen LogP contribution in [-0.4, -0.2) is 48.1 Å². The van der Waals surface area contributed by atoms with E-state index in [1.54, 1.807) is 0 Å². The number of carbonyl (C=O) groups excluding carboxylic acids is 1. The van der Waals surface area contributed by atoms with Crippen LogP contribution in [0, 0.1) is 0 Å². The van der Waals surface area contributed by atoms with E-state index in [0.717, 1.165) is 41.2 Å². The molecule has 1 amide bonds. The van der Waals surface area contributed by atoms with Crippen LogP contribution in [0.3, 0.4) is 0 Å². The fraction of sp³-hybridized carbons (Fsp3) is 0.161. The van der Waals surface area contributed by atoms with E-state index in [2.05, 4.69) is 10.2 Å². The van der Waals surface area contributed by atoms with Crippen molar-refractivity contribution in [2.45, 2.75) is 6.04 Å². The first-order valence-electron chi connectivity index (χ1n) is 12.4. The number of piperazine rings is 1. The molecule has 1 atom stereocenters. The average molecular weight is 528 g/mol. The molecule has 1 heterocycles. The number of rotatable bonds is 7. The molecule has 0 aliphatic carbocycles. The Balaban J connectivity index is 0.00000336. The van der Waals surface area contributed by atoms with Gasteiger partial charge in [0.25, 0.3) is 5.91 Å². The van der Waals surface area contributed by atoms with Crippen LogP contribution >= 0.6 is 12.4 Å². The summed E-state index contributed by atoms with van der Waals surface area (Å²) in [6.07, 6.45) is 0. The lowest BCUT2D eigenvalue weighted by molar-refractivity contribution is -0.143. The molecule has 1 aliphatic heterocycles. The predicted octanol–water partition coefficient (Wildman–Crippen LogP) is 5.98. The molecule has 1 unspecified atom stereocenters. The molecule has 5 rings (SSSR count). The van der Waals surface area contributed by atoms with E-state index >= 15 is 0 Å². The number of amides is 1. The highest BCUT2D eigenvalue weighted by molar-refractivity contribution is 6.08. The lowest BCUT2D eigenvalue weighted by atomic mass is 9.99. The zero-order chi connectivity index (χ0) is 25.6. The molecule has 0 aromatic heterocycles. The Hall–Kier alpha value is -4.13. The summed E-state index contributed by atoms with van der Waals surface area (Å²) in [6.45, 7) is 2.76. The summed E-state index contributed by atoms with van der Waals surface area (Å²) in [5.74, 6) is -0.977. The maximum absolute atomic E-state index is 13.1. The Morgan fingerprint density at radius 2 is 1.29 bits per heavy atom. The van der Waals surface area contributed by atoms with Crippen LogP contribution in [0.4, 0.5) is 11.4 Å². The maximum atomic E-state index is 13.1. The van der Waals surface area contributed by atoms with E-state index in [4.69, 9.17) is 0 Å². The zero-order valence-electron chi connectivity index (χ0n) is 20.9. The second-order valence-electron chi connectivity index (χ2n) is 9.09. The molecule has 1 aliphatic rings. The number of hydrogen-bond acceptors (Lipinski definition) is 4. The highest BCUT2D eigenvalue weighted by Gasteiger charge is 2.30. The molecule has 0 spiro atoms. The molecule has 2 N–H and O–H groups in total. The summed E-state index contributed by atoms with van der Waals surface area (Å²) < 4.78 is 0. The number of nitrogens with one attached hydrogen (secondary N) is 1. The molecule has 38 heavy (non-hydrogen) atoms. The number of carboxylic acid groups (broad SMARTS) is 1. The van der Waals surface area contributed by atoms with Crippen LogP contribution in [-0.2, 0) is 4.79 Å². The Kier molecular flexibility index (Phi) is 8.79. The fourth-order valence-electron chi connectivity index (χ4n) is 4.89. The highest BCUT2D eigenvalue weighted by Crippen LogP contribution is 2.27. The maximum Gasteiger partial charge on any atom is 0.325 e. The van der Waals surface area contributed by atoms with Crippen molar-refractivity contribution in [1.29, 1.82) is 0 Å². The molecule has 0 bridgehead atoms. The van der Waals surface area contributed by atoms with Crippen molar-refractivity contribution in [3.63, 3.8) is 0 Å². The topological polar surface area (TPSA) is 72.9 Å². The lowest BCUT2D eigenvalue weighted by Gasteiger charge is -2.39.